The number of carboxylic acids is 1. The zero-order chi connectivity index (χ0) is 18.8. The first-order chi connectivity index (χ1) is 11.0. The number of rotatable bonds is 11. The summed E-state index contributed by atoms with van der Waals surface area (Å²) in [6.45, 7) is 13.5. The van der Waals surface area contributed by atoms with Gasteiger partial charge in [-0.25, -0.2) is 4.79 Å². The van der Waals surface area contributed by atoms with Gasteiger partial charge in [-0.2, -0.15) is 0 Å². The second-order valence-electron chi connectivity index (χ2n) is 7.46. The molecule has 0 amide bonds. The van der Waals surface area contributed by atoms with Crippen LogP contribution in [0.2, 0.25) is 18.1 Å². The molecule has 0 rings (SSSR count). The lowest BCUT2D eigenvalue weighted by Crippen LogP contribution is -2.43. The Balaban J connectivity index is 4.56. The van der Waals surface area contributed by atoms with Crippen molar-refractivity contribution in [3.05, 3.63) is 24.3 Å². The van der Waals surface area contributed by atoms with E-state index in [1.54, 1.807) is 13.2 Å². The standard InChI is InChI=1S/C18H34O5Si/c1-15(23-24(6,7)18(2,3)4)12-13-16(22-14-21-5)10-8-9-11-17(19)20/h8-11,15-16H,12-14H2,1-7H3,(H,19,20)/t15-,16+/m1/s1. The maximum atomic E-state index is 10.5. The summed E-state index contributed by atoms with van der Waals surface area (Å²) in [7, 11) is -0.191. The lowest BCUT2D eigenvalue weighted by Gasteiger charge is -2.38. The first-order valence-electron chi connectivity index (χ1n) is 8.35. The van der Waals surface area contributed by atoms with Gasteiger partial charge in [0.1, 0.15) is 6.79 Å². The van der Waals surface area contributed by atoms with Gasteiger partial charge in [-0.3, -0.25) is 0 Å². The van der Waals surface area contributed by atoms with Crippen molar-refractivity contribution in [1.82, 2.24) is 0 Å². The Hall–Kier alpha value is -0.953. The van der Waals surface area contributed by atoms with Gasteiger partial charge in [-0.05, 0) is 37.9 Å². The number of carbonyl (C=O) groups is 1. The lowest BCUT2D eigenvalue weighted by atomic mass is 10.1. The molecule has 2 atom stereocenters. The van der Waals surface area contributed by atoms with Gasteiger partial charge in [0.05, 0.1) is 6.10 Å². The molecule has 0 bridgehead atoms. The third kappa shape index (κ3) is 10.0. The molecular formula is C18H34O5Si. The average Bonchev–Trinajstić information content (AvgIpc) is 2.43. The zero-order valence-corrected chi connectivity index (χ0v) is 17.2. The Bertz CT molecular complexity index is 424. The van der Waals surface area contributed by atoms with E-state index in [2.05, 4.69) is 40.8 Å². The van der Waals surface area contributed by atoms with E-state index in [9.17, 15) is 4.79 Å². The van der Waals surface area contributed by atoms with E-state index in [1.807, 2.05) is 6.08 Å². The third-order valence-electron chi connectivity index (χ3n) is 4.24. The number of methoxy groups -OCH3 is 1. The van der Waals surface area contributed by atoms with Crippen molar-refractivity contribution >= 4 is 14.3 Å². The van der Waals surface area contributed by atoms with Crippen LogP contribution in [-0.2, 0) is 18.7 Å². The van der Waals surface area contributed by atoms with Gasteiger partial charge >= 0.3 is 5.97 Å². The van der Waals surface area contributed by atoms with Crippen molar-refractivity contribution in [2.24, 2.45) is 0 Å². The highest BCUT2D eigenvalue weighted by molar-refractivity contribution is 6.74. The SMILES string of the molecule is COCO[C@@H](C=CC=CC(=O)O)CC[C@@H](C)O[Si](C)(C)C(C)(C)C. The molecule has 0 heterocycles. The van der Waals surface area contributed by atoms with Crippen molar-refractivity contribution in [3.8, 4) is 0 Å². The van der Waals surface area contributed by atoms with Gasteiger partial charge in [0.15, 0.2) is 8.32 Å². The monoisotopic (exact) mass is 358 g/mol. The predicted octanol–water partition coefficient (Wildman–Crippen LogP) is 4.36. The highest BCUT2D eigenvalue weighted by atomic mass is 28.4. The van der Waals surface area contributed by atoms with E-state index in [1.165, 1.54) is 6.08 Å². The van der Waals surface area contributed by atoms with Gasteiger partial charge in [0.25, 0.3) is 0 Å². The summed E-state index contributed by atoms with van der Waals surface area (Å²) < 4.78 is 16.9. The maximum Gasteiger partial charge on any atom is 0.328 e. The quantitative estimate of drug-likeness (QED) is 0.257. The smallest absolute Gasteiger partial charge is 0.328 e. The highest BCUT2D eigenvalue weighted by Gasteiger charge is 2.38. The summed E-state index contributed by atoms with van der Waals surface area (Å²) in [5.74, 6) is -0.967. The van der Waals surface area contributed by atoms with Crippen LogP contribution >= 0.6 is 0 Å². The van der Waals surface area contributed by atoms with Crippen LogP contribution < -0.4 is 0 Å². The predicted molar refractivity (Wildman–Crippen MR) is 99.6 cm³/mol. The zero-order valence-electron chi connectivity index (χ0n) is 16.2. The van der Waals surface area contributed by atoms with Crippen LogP contribution in [0, 0.1) is 0 Å². The molecule has 140 valence electrons. The summed E-state index contributed by atoms with van der Waals surface area (Å²) in [6, 6.07) is 0. The molecule has 0 saturated carbocycles. The average molecular weight is 359 g/mol. The van der Waals surface area contributed by atoms with E-state index in [0.29, 0.717) is 0 Å². The minimum Gasteiger partial charge on any atom is -0.478 e. The van der Waals surface area contributed by atoms with Crippen LogP contribution in [0.5, 0.6) is 0 Å². The van der Waals surface area contributed by atoms with Crippen molar-refractivity contribution in [2.75, 3.05) is 13.9 Å². The van der Waals surface area contributed by atoms with Gasteiger partial charge in [-0.15, -0.1) is 0 Å². The van der Waals surface area contributed by atoms with E-state index in [4.69, 9.17) is 19.0 Å². The number of ether oxygens (including phenoxy) is 2. The Morgan fingerprint density at radius 3 is 2.33 bits per heavy atom. The Kier molecular flexibility index (Phi) is 10.4. The van der Waals surface area contributed by atoms with Gasteiger partial charge in [-0.1, -0.05) is 39.0 Å². The first-order valence-corrected chi connectivity index (χ1v) is 11.3. The minimum absolute atomic E-state index is 0.131. The van der Waals surface area contributed by atoms with Crippen molar-refractivity contribution in [2.45, 2.75) is 70.9 Å². The van der Waals surface area contributed by atoms with E-state index in [-0.39, 0.29) is 24.0 Å². The first kappa shape index (κ1) is 23.0. The molecule has 24 heavy (non-hydrogen) atoms. The molecule has 5 nitrogen and oxygen atoms in total. The second kappa shape index (κ2) is 10.8. The van der Waals surface area contributed by atoms with E-state index < -0.39 is 14.3 Å². The molecule has 0 radical (unpaired) electrons. The maximum absolute atomic E-state index is 10.5. The molecule has 0 aromatic carbocycles. The lowest BCUT2D eigenvalue weighted by molar-refractivity contribution is -0.131. The van der Waals surface area contributed by atoms with Crippen molar-refractivity contribution in [3.63, 3.8) is 0 Å². The van der Waals surface area contributed by atoms with E-state index in [0.717, 1.165) is 18.9 Å². The largest absolute Gasteiger partial charge is 0.478 e. The van der Waals surface area contributed by atoms with Gasteiger partial charge in [0.2, 0.25) is 0 Å². The van der Waals surface area contributed by atoms with Gasteiger partial charge in [0, 0.05) is 19.3 Å². The van der Waals surface area contributed by atoms with E-state index >= 15 is 0 Å². The second-order valence-corrected chi connectivity index (χ2v) is 12.2. The molecule has 0 aliphatic rings. The molecule has 0 spiro atoms. The Morgan fingerprint density at radius 2 is 1.83 bits per heavy atom. The summed E-state index contributed by atoms with van der Waals surface area (Å²) in [5.41, 5.74) is 0. The highest BCUT2D eigenvalue weighted by Crippen LogP contribution is 2.37. The third-order valence-corrected chi connectivity index (χ3v) is 8.84. The molecule has 0 fully saturated rings. The number of hydrogen-bond donors (Lipinski definition) is 1. The molecule has 0 unspecified atom stereocenters. The fourth-order valence-corrected chi connectivity index (χ4v) is 3.33. The molecule has 0 aliphatic carbocycles. The number of carboxylic acid groups (broad SMARTS) is 1. The topological polar surface area (TPSA) is 65.0 Å². The number of aliphatic carboxylic acids is 1. The summed E-state index contributed by atoms with van der Waals surface area (Å²) in [6.07, 6.45) is 7.79. The fourth-order valence-electron chi connectivity index (χ4n) is 1.85. The van der Waals surface area contributed by atoms with Crippen LogP contribution in [0.3, 0.4) is 0 Å². The minimum atomic E-state index is -1.77. The summed E-state index contributed by atoms with van der Waals surface area (Å²) in [4.78, 5) is 10.5. The number of hydrogen-bond acceptors (Lipinski definition) is 4. The summed E-state index contributed by atoms with van der Waals surface area (Å²) >= 11 is 0. The number of allylic oxidation sites excluding steroid dienone is 2. The molecule has 0 saturated heterocycles. The van der Waals surface area contributed by atoms with Crippen LogP contribution in [0.25, 0.3) is 0 Å². The molecule has 6 heteroatoms. The summed E-state index contributed by atoms with van der Waals surface area (Å²) in [5, 5.41) is 8.77. The normalized spacial score (nSPS) is 16.0. The molecule has 0 aliphatic heterocycles. The molecule has 1 N–H and O–H groups in total. The van der Waals surface area contributed by atoms with Crippen molar-refractivity contribution in [1.29, 1.82) is 0 Å². The van der Waals surface area contributed by atoms with Crippen LogP contribution in [0.15, 0.2) is 24.3 Å². The van der Waals surface area contributed by atoms with Crippen molar-refractivity contribution < 1.29 is 23.8 Å². The van der Waals surface area contributed by atoms with Crippen LogP contribution in [-0.4, -0.2) is 45.5 Å². The van der Waals surface area contributed by atoms with Gasteiger partial charge < -0.3 is 19.0 Å². The fraction of sp³-hybridized carbons (Fsp3) is 0.722. The van der Waals surface area contributed by atoms with Crippen LogP contribution in [0.4, 0.5) is 0 Å². The Morgan fingerprint density at radius 1 is 1.21 bits per heavy atom. The Labute approximate surface area is 147 Å². The van der Waals surface area contributed by atoms with Crippen LogP contribution in [0.1, 0.15) is 40.5 Å². The molecule has 0 aromatic rings. The molecule has 0 aromatic heterocycles. The molecular weight excluding hydrogens is 324 g/mol.